The van der Waals surface area contributed by atoms with Crippen LogP contribution in [-0.4, -0.2) is 44.1 Å². The summed E-state index contributed by atoms with van der Waals surface area (Å²) >= 11 is 0. The van der Waals surface area contributed by atoms with Gasteiger partial charge in [0.25, 0.3) is 0 Å². The Hall–Kier alpha value is -1.39. The lowest BCUT2D eigenvalue weighted by atomic mass is 10.7. The second-order valence-electron chi connectivity index (χ2n) is 3.96. The molecule has 0 spiro atoms. The Kier molecular flexibility index (Phi) is 7.22. The molecule has 0 fully saturated rings. The van der Waals surface area contributed by atoms with Crippen LogP contribution < -0.4 is 4.57 Å². The molecule has 0 bridgehead atoms. The summed E-state index contributed by atoms with van der Waals surface area (Å²) in [6.07, 6.45) is 5.79. The SMILES string of the molecule is C[n+]1ccn(CCO)c1.O=S(=O)([N-]S(=O)(=O)C(F)(F)F)C(F)(F)F. The molecule has 0 aromatic carbocycles. The van der Waals surface area contributed by atoms with Crippen molar-refractivity contribution >= 4 is 20.0 Å². The first-order valence-electron chi connectivity index (χ1n) is 5.52. The van der Waals surface area contributed by atoms with Crippen LogP contribution in [0.2, 0.25) is 0 Å². The molecule has 24 heavy (non-hydrogen) atoms. The molecular formula is C8H11F6N3O5S2. The maximum absolute atomic E-state index is 11.4. The minimum Gasteiger partial charge on any atom is -0.421 e. The summed E-state index contributed by atoms with van der Waals surface area (Å²) in [6, 6.07) is 0. The second-order valence-corrected chi connectivity index (χ2v) is 7.38. The molecule has 0 radical (unpaired) electrons. The van der Waals surface area contributed by atoms with Crippen LogP contribution in [0.4, 0.5) is 26.3 Å². The molecule has 1 N–H and O–H groups in total. The van der Waals surface area contributed by atoms with Crippen molar-refractivity contribution in [1.29, 1.82) is 0 Å². The molecule has 8 nitrogen and oxygen atoms in total. The highest BCUT2D eigenvalue weighted by molar-refractivity contribution is 8.13. The lowest BCUT2D eigenvalue weighted by molar-refractivity contribution is -0.671. The number of aliphatic hydroxyl groups is 1. The van der Waals surface area contributed by atoms with E-state index in [9.17, 15) is 43.2 Å². The monoisotopic (exact) mass is 407 g/mol. The van der Waals surface area contributed by atoms with E-state index in [2.05, 4.69) is 0 Å². The van der Waals surface area contributed by atoms with Gasteiger partial charge in [-0.05, 0) is 0 Å². The highest BCUT2D eigenvalue weighted by atomic mass is 32.3. The molecule has 0 amide bonds. The van der Waals surface area contributed by atoms with E-state index in [1.165, 1.54) is 0 Å². The van der Waals surface area contributed by atoms with Crippen LogP contribution >= 0.6 is 0 Å². The Bertz CT molecular complexity index is 695. The van der Waals surface area contributed by atoms with Crippen molar-refractivity contribution in [2.45, 2.75) is 17.6 Å². The zero-order chi connectivity index (χ0) is 19.4. The van der Waals surface area contributed by atoms with Crippen molar-refractivity contribution in [1.82, 2.24) is 4.57 Å². The molecule has 0 aliphatic rings. The van der Waals surface area contributed by atoms with Crippen LogP contribution in [0, 0.1) is 0 Å². The number of aliphatic hydroxyl groups excluding tert-OH is 1. The van der Waals surface area contributed by atoms with Crippen molar-refractivity contribution < 1.29 is 52.9 Å². The van der Waals surface area contributed by atoms with Crippen molar-refractivity contribution in [3.05, 3.63) is 22.8 Å². The number of imidazole rings is 1. The predicted octanol–water partition coefficient (Wildman–Crippen LogP) is 0.364. The van der Waals surface area contributed by atoms with Crippen LogP contribution in [0.5, 0.6) is 0 Å². The molecule has 0 aliphatic heterocycles. The normalized spacial score (nSPS) is 13.3. The smallest absolute Gasteiger partial charge is 0.421 e. The molecule has 1 aromatic heterocycles. The van der Waals surface area contributed by atoms with Gasteiger partial charge in [0.05, 0.1) is 13.7 Å². The van der Waals surface area contributed by atoms with Gasteiger partial charge in [-0.1, -0.05) is 0 Å². The first-order chi connectivity index (χ1) is 10.5. The molecule has 16 heteroatoms. The fraction of sp³-hybridized carbons (Fsp3) is 0.625. The van der Waals surface area contributed by atoms with Crippen molar-refractivity contribution in [3.8, 4) is 0 Å². The summed E-state index contributed by atoms with van der Waals surface area (Å²) in [5.41, 5.74) is -12.4. The topological polar surface area (TPSA) is 111 Å². The first-order valence-corrected chi connectivity index (χ1v) is 8.40. The highest BCUT2D eigenvalue weighted by Crippen LogP contribution is 2.36. The lowest BCUT2D eigenvalue weighted by Crippen LogP contribution is -2.30. The van der Waals surface area contributed by atoms with Gasteiger partial charge in [0, 0.05) is 0 Å². The van der Waals surface area contributed by atoms with E-state index in [0.29, 0.717) is 6.54 Å². The summed E-state index contributed by atoms with van der Waals surface area (Å²) in [6.45, 7) is 0.884. The number of halogens is 6. The van der Waals surface area contributed by atoms with E-state index in [0.717, 1.165) is 4.13 Å². The molecule has 0 aliphatic carbocycles. The molecule has 1 rings (SSSR count). The number of rotatable bonds is 4. The molecule has 0 saturated heterocycles. The Morgan fingerprint density at radius 1 is 1.04 bits per heavy atom. The fourth-order valence-corrected chi connectivity index (χ4v) is 2.67. The van der Waals surface area contributed by atoms with Crippen LogP contribution in [0.1, 0.15) is 0 Å². The summed E-state index contributed by atoms with van der Waals surface area (Å²) in [5, 5.41) is 8.50. The number of nitrogens with zero attached hydrogens (tertiary/aromatic N) is 3. The van der Waals surface area contributed by atoms with Crippen molar-refractivity contribution in [2.24, 2.45) is 7.05 Å². The third kappa shape index (κ3) is 6.62. The van der Waals surface area contributed by atoms with Crippen molar-refractivity contribution in [2.75, 3.05) is 6.61 Å². The Balaban J connectivity index is 0.000000496. The van der Waals surface area contributed by atoms with Crippen LogP contribution in [0.15, 0.2) is 18.7 Å². The summed E-state index contributed by atoms with van der Waals surface area (Å²) in [7, 11) is -11.5. The summed E-state index contributed by atoms with van der Waals surface area (Å²) in [4.78, 5) is 0. The minimum absolute atomic E-state index is 0.203. The number of aromatic nitrogens is 2. The molecule has 0 atom stereocenters. The minimum atomic E-state index is -6.72. The number of alkyl halides is 6. The number of hydrogen-bond donors (Lipinski definition) is 1. The summed E-state index contributed by atoms with van der Waals surface area (Å²) < 4.78 is 113. The van der Waals surface area contributed by atoms with E-state index in [4.69, 9.17) is 5.11 Å². The second kappa shape index (κ2) is 7.66. The number of sulfonamides is 2. The molecule has 0 saturated carbocycles. The van der Waals surface area contributed by atoms with Gasteiger partial charge in [-0.3, -0.25) is 0 Å². The average Bonchev–Trinajstić information content (AvgIpc) is 2.72. The number of aryl methyl sites for hydroxylation is 1. The van der Waals surface area contributed by atoms with E-state index >= 15 is 0 Å². The molecule has 1 heterocycles. The largest absolute Gasteiger partial charge is 0.480 e. The van der Waals surface area contributed by atoms with Gasteiger partial charge in [-0.2, -0.15) is 26.3 Å². The third-order valence-corrected chi connectivity index (χ3v) is 4.70. The maximum Gasteiger partial charge on any atom is 0.480 e. The predicted molar refractivity (Wildman–Crippen MR) is 66.0 cm³/mol. The van der Waals surface area contributed by atoms with Gasteiger partial charge in [0.1, 0.15) is 18.9 Å². The first kappa shape index (κ1) is 22.6. The quantitative estimate of drug-likeness (QED) is 0.573. The van der Waals surface area contributed by atoms with Gasteiger partial charge in [-0.25, -0.2) is 26.0 Å². The average molecular weight is 407 g/mol. The molecule has 1 aromatic rings. The van der Waals surface area contributed by atoms with Crippen molar-refractivity contribution in [3.63, 3.8) is 0 Å². The van der Waals surface area contributed by atoms with E-state index < -0.39 is 31.1 Å². The Labute approximate surface area is 132 Å². The summed E-state index contributed by atoms with van der Waals surface area (Å²) in [5.74, 6) is 0. The lowest BCUT2D eigenvalue weighted by Gasteiger charge is -2.22. The van der Waals surface area contributed by atoms with Gasteiger partial charge in [0.15, 0.2) is 20.0 Å². The zero-order valence-electron chi connectivity index (χ0n) is 11.7. The van der Waals surface area contributed by atoms with E-state index in [1.54, 1.807) is 0 Å². The van der Waals surface area contributed by atoms with E-state index in [1.807, 2.05) is 34.9 Å². The third-order valence-electron chi connectivity index (χ3n) is 1.96. The van der Waals surface area contributed by atoms with Crippen LogP contribution in [0.25, 0.3) is 4.13 Å². The number of hydrogen-bond acceptors (Lipinski definition) is 5. The fourth-order valence-electron chi connectivity index (χ4n) is 0.963. The Morgan fingerprint density at radius 3 is 1.71 bits per heavy atom. The maximum atomic E-state index is 11.4. The van der Waals surface area contributed by atoms with Gasteiger partial charge in [-0.15, -0.1) is 0 Å². The molecule has 0 unspecified atom stereocenters. The van der Waals surface area contributed by atoms with Gasteiger partial charge in [0.2, 0.25) is 6.33 Å². The van der Waals surface area contributed by atoms with E-state index in [-0.39, 0.29) is 6.61 Å². The van der Waals surface area contributed by atoms with Crippen LogP contribution in [-0.2, 0) is 33.6 Å². The van der Waals surface area contributed by atoms with Gasteiger partial charge < -0.3 is 9.23 Å². The molecule has 142 valence electrons. The highest BCUT2D eigenvalue weighted by Gasteiger charge is 2.46. The van der Waals surface area contributed by atoms with Gasteiger partial charge >= 0.3 is 11.0 Å². The molecular weight excluding hydrogens is 396 g/mol. The standard InChI is InChI=1S/C6H11N2O.C2F6NO4S2/c1-7-2-3-8(6-7)4-5-9;3-1(4,5)14(10,11)9-15(12,13)2(6,7)8/h2-3,6,9H,4-5H2,1H3;/q+1;-1. The zero-order valence-corrected chi connectivity index (χ0v) is 13.3. The van der Waals surface area contributed by atoms with Crippen LogP contribution in [0.3, 0.4) is 0 Å². The Morgan fingerprint density at radius 2 is 1.46 bits per heavy atom.